The Morgan fingerprint density at radius 3 is 2.15 bits per heavy atom. The summed E-state index contributed by atoms with van der Waals surface area (Å²) in [4.78, 5) is 12.3. The van der Waals surface area contributed by atoms with Crippen LogP contribution in [0, 0.1) is 18.3 Å². The van der Waals surface area contributed by atoms with Gasteiger partial charge in [0.1, 0.15) is 11.7 Å². The zero-order valence-electron chi connectivity index (χ0n) is 11.9. The number of nitriles is 1. The fourth-order valence-electron chi connectivity index (χ4n) is 2.07. The average molecular weight is 267 g/mol. The van der Waals surface area contributed by atoms with Gasteiger partial charge in [-0.25, -0.2) is 0 Å². The quantitative estimate of drug-likeness (QED) is 0.780. The smallest absolute Gasteiger partial charge is 0.219 e. The van der Waals surface area contributed by atoms with Crippen LogP contribution in [0.25, 0.3) is 0 Å². The molecule has 1 aromatic heterocycles. The van der Waals surface area contributed by atoms with Crippen LogP contribution in [0.3, 0.4) is 0 Å². The third-order valence-electron chi connectivity index (χ3n) is 3.31. The molecule has 0 aliphatic rings. The Balaban J connectivity index is 2.28. The molecule has 1 heterocycles. The lowest BCUT2D eigenvalue weighted by atomic mass is 9.92. The van der Waals surface area contributed by atoms with Crippen LogP contribution in [-0.2, 0) is 0 Å². The van der Waals surface area contributed by atoms with Gasteiger partial charge in [0.15, 0.2) is 5.76 Å². The number of ketones is 1. The highest BCUT2D eigenvalue weighted by molar-refractivity contribution is 6.00. The van der Waals surface area contributed by atoms with Crippen molar-refractivity contribution in [2.45, 2.75) is 32.6 Å². The van der Waals surface area contributed by atoms with Crippen LogP contribution in [0.15, 0.2) is 40.8 Å². The standard InChI is InChI=1S/C17H17NO2/c1-11(2)13-5-7-14(8-6-13)15(10-18)17(19)16-9-4-12(3)20-16/h4-9,11,15H,1-3H3. The zero-order chi connectivity index (χ0) is 14.7. The molecule has 0 radical (unpaired) electrons. The van der Waals surface area contributed by atoms with E-state index in [9.17, 15) is 10.1 Å². The summed E-state index contributed by atoms with van der Waals surface area (Å²) >= 11 is 0. The second-order valence-electron chi connectivity index (χ2n) is 5.16. The highest BCUT2D eigenvalue weighted by atomic mass is 16.3. The molecule has 1 atom stereocenters. The summed E-state index contributed by atoms with van der Waals surface area (Å²) in [6, 6.07) is 13.0. The highest BCUT2D eigenvalue weighted by Crippen LogP contribution is 2.24. The van der Waals surface area contributed by atoms with E-state index in [-0.39, 0.29) is 11.5 Å². The van der Waals surface area contributed by atoms with Crippen molar-refractivity contribution in [2.24, 2.45) is 0 Å². The molecule has 2 rings (SSSR count). The van der Waals surface area contributed by atoms with Gasteiger partial charge in [0.2, 0.25) is 5.78 Å². The molecule has 20 heavy (non-hydrogen) atoms. The first kappa shape index (κ1) is 14.1. The van der Waals surface area contributed by atoms with Gasteiger partial charge in [0, 0.05) is 0 Å². The third kappa shape index (κ3) is 2.80. The summed E-state index contributed by atoms with van der Waals surface area (Å²) in [6.07, 6.45) is 0. The van der Waals surface area contributed by atoms with Crippen LogP contribution in [0.2, 0.25) is 0 Å². The molecule has 0 N–H and O–H groups in total. The van der Waals surface area contributed by atoms with Gasteiger partial charge in [-0.2, -0.15) is 5.26 Å². The van der Waals surface area contributed by atoms with E-state index in [2.05, 4.69) is 19.9 Å². The van der Waals surface area contributed by atoms with Crippen molar-refractivity contribution < 1.29 is 9.21 Å². The van der Waals surface area contributed by atoms with Gasteiger partial charge in [0.25, 0.3) is 0 Å². The Hall–Kier alpha value is -2.34. The maximum atomic E-state index is 12.3. The summed E-state index contributed by atoms with van der Waals surface area (Å²) < 4.78 is 5.31. The van der Waals surface area contributed by atoms with E-state index in [4.69, 9.17) is 4.42 Å². The van der Waals surface area contributed by atoms with Crippen molar-refractivity contribution in [1.29, 1.82) is 5.26 Å². The molecular formula is C17H17NO2. The second-order valence-corrected chi connectivity index (χ2v) is 5.16. The maximum Gasteiger partial charge on any atom is 0.219 e. The molecule has 0 spiro atoms. The molecule has 0 amide bonds. The number of nitrogens with zero attached hydrogens (tertiary/aromatic N) is 1. The van der Waals surface area contributed by atoms with Crippen molar-refractivity contribution in [1.82, 2.24) is 0 Å². The van der Waals surface area contributed by atoms with Crippen molar-refractivity contribution in [3.63, 3.8) is 0 Å². The van der Waals surface area contributed by atoms with E-state index < -0.39 is 5.92 Å². The van der Waals surface area contributed by atoms with Crippen LogP contribution in [0.4, 0.5) is 0 Å². The summed E-state index contributed by atoms with van der Waals surface area (Å²) in [5.74, 6) is 0.217. The van der Waals surface area contributed by atoms with Crippen LogP contribution in [0.1, 0.15) is 53.1 Å². The fraction of sp³-hybridized carbons (Fsp3) is 0.294. The van der Waals surface area contributed by atoms with Gasteiger partial charge in [-0.15, -0.1) is 0 Å². The number of benzene rings is 1. The van der Waals surface area contributed by atoms with Crippen LogP contribution in [0.5, 0.6) is 0 Å². The van der Waals surface area contributed by atoms with E-state index in [1.165, 1.54) is 5.56 Å². The second kappa shape index (κ2) is 5.75. The molecule has 0 aliphatic carbocycles. The molecule has 2 aromatic rings. The molecule has 3 heteroatoms. The van der Waals surface area contributed by atoms with Crippen molar-refractivity contribution >= 4 is 5.78 Å². The van der Waals surface area contributed by atoms with Gasteiger partial charge < -0.3 is 4.42 Å². The van der Waals surface area contributed by atoms with Gasteiger partial charge in [0.05, 0.1) is 6.07 Å². The normalized spacial score (nSPS) is 12.2. The van der Waals surface area contributed by atoms with Crippen LogP contribution in [-0.4, -0.2) is 5.78 Å². The number of carbonyl (C=O) groups excluding carboxylic acids is 1. The summed E-state index contributed by atoms with van der Waals surface area (Å²) in [5.41, 5.74) is 1.89. The predicted octanol–water partition coefficient (Wildman–Crippen LogP) is 4.20. The largest absolute Gasteiger partial charge is 0.458 e. The number of Topliss-reactive ketones (excluding diaryl/α,β-unsaturated/α-hetero) is 1. The number of rotatable bonds is 4. The van der Waals surface area contributed by atoms with Gasteiger partial charge in [-0.1, -0.05) is 38.1 Å². The van der Waals surface area contributed by atoms with Gasteiger partial charge >= 0.3 is 0 Å². The molecular weight excluding hydrogens is 250 g/mol. The van der Waals surface area contributed by atoms with E-state index in [0.29, 0.717) is 17.2 Å². The molecule has 0 bridgehead atoms. The van der Waals surface area contributed by atoms with Crippen molar-refractivity contribution in [2.75, 3.05) is 0 Å². The molecule has 0 saturated carbocycles. The summed E-state index contributed by atoms with van der Waals surface area (Å²) in [5, 5.41) is 9.28. The Morgan fingerprint density at radius 2 is 1.70 bits per heavy atom. The Kier molecular flexibility index (Phi) is 4.05. The minimum atomic E-state index is -0.818. The number of hydrogen-bond donors (Lipinski definition) is 0. The summed E-state index contributed by atoms with van der Waals surface area (Å²) in [6.45, 7) is 5.98. The lowest BCUT2D eigenvalue weighted by molar-refractivity contribution is 0.0950. The first-order valence-corrected chi connectivity index (χ1v) is 6.63. The molecule has 0 saturated heterocycles. The number of carbonyl (C=O) groups is 1. The third-order valence-corrected chi connectivity index (χ3v) is 3.31. The van der Waals surface area contributed by atoms with Crippen molar-refractivity contribution in [3.05, 3.63) is 59.0 Å². The van der Waals surface area contributed by atoms with E-state index in [1.807, 2.05) is 24.3 Å². The molecule has 102 valence electrons. The van der Waals surface area contributed by atoms with E-state index in [1.54, 1.807) is 19.1 Å². The maximum absolute atomic E-state index is 12.3. The number of aryl methyl sites for hydroxylation is 1. The monoisotopic (exact) mass is 267 g/mol. The highest BCUT2D eigenvalue weighted by Gasteiger charge is 2.24. The molecule has 0 fully saturated rings. The van der Waals surface area contributed by atoms with E-state index in [0.717, 1.165) is 0 Å². The van der Waals surface area contributed by atoms with Gasteiger partial charge in [-0.3, -0.25) is 4.79 Å². The molecule has 0 aliphatic heterocycles. The fourth-order valence-corrected chi connectivity index (χ4v) is 2.07. The average Bonchev–Trinajstić information content (AvgIpc) is 2.86. The van der Waals surface area contributed by atoms with Crippen LogP contribution < -0.4 is 0 Å². The Labute approximate surface area is 118 Å². The SMILES string of the molecule is Cc1ccc(C(=O)C(C#N)c2ccc(C(C)C)cc2)o1. The first-order chi connectivity index (χ1) is 9.52. The lowest BCUT2D eigenvalue weighted by Crippen LogP contribution is -2.10. The minimum absolute atomic E-state index is 0.238. The Bertz CT molecular complexity index is 644. The first-order valence-electron chi connectivity index (χ1n) is 6.63. The van der Waals surface area contributed by atoms with Gasteiger partial charge in [-0.05, 0) is 36.1 Å². The van der Waals surface area contributed by atoms with E-state index >= 15 is 0 Å². The minimum Gasteiger partial charge on any atom is -0.458 e. The van der Waals surface area contributed by atoms with Crippen LogP contribution >= 0.6 is 0 Å². The number of hydrogen-bond acceptors (Lipinski definition) is 3. The topological polar surface area (TPSA) is 54.0 Å². The molecule has 1 aromatic carbocycles. The van der Waals surface area contributed by atoms with Crippen molar-refractivity contribution in [3.8, 4) is 6.07 Å². The summed E-state index contributed by atoms with van der Waals surface area (Å²) in [7, 11) is 0. The molecule has 1 unspecified atom stereocenters. The Morgan fingerprint density at radius 1 is 1.10 bits per heavy atom. The lowest BCUT2D eigenvalue weighted by Gasteiger charge is -2.09. The number of furan rings is 1. The zero-order valence-corrected chi connectivity index (χ0v) is 11.9. The predicted molar refractivity (Wildman–Crippen MR) is 76.7 cm³/mol. The molecule has 3 nitrogen and oxygen atoms in total.